The summed E-state index contributed by atoms with van der Waals surface area (Å²) in [5.41, 5.74) is 2.40. The molecule has 19 heavy (non-hydrogen) atoms. The summed E-state index contributed by atoms with van der Waals surface area (Å²) in [6.45, 7) is 2.95. The number of hydrogen-bond acceptors (Lipinski definition) is 2. The third-order valence-corrected chi connectivity index (χ3v) is 3.42. The highest BCUT2D eigenvalue weighted by Gasteiger charge is 2.08. The van der Waals surface area contributed by atoms with Gasteiger partial charge < -0.3 is 10.4 Å². The lowest BCUT2D eigenvalue weighted by atomic mass is 10.0. The van der Waals surface area contributed by atoms with Crippen LogP contribution in [0.1, 0.15) is 30.5 Å². The molecule has 0 aromatic heterocycles. The van der Waals surface area contributed by atoms with Crippen molar-refractivity contribution in [2.24, 2.45) is 0 Å². The van der Waals surface area contributed by atoms with Gasteiger partial charge in [0.1, 0.15) is 5.75 Å². The minimum absolute atomic E-state index is 0.288. The molecule has 2 aromatic carbocycles. The Kier molecular flexibility index (Phi) is 4.83. The Morgan fingerprint density at radius 1 is 1.05 bits per heavy atom. The van der Waals surface area contributed by atoms with Crippen LogP contribution in [0.4, 0.5) is 0 Å². The number of benzene rings is 2. The molecule has 0 amide bonds. The molecule has 0 aliphatic heterocycles. The topological polar surface area (TPSA) is 32.3 Å². The quantitative estimate of drug-likeness (QED) is 0.853. The standard InChI is InChI=1S/C16H18ClNO/c1-2-16(13-5-9-15(19)10-6-13)18-11-12-3-7-14(17)8-4-12/h3-10,16,18-19H,2,11H2,1H3. The lowest BCUT2D eigenvalue weighted by Crippen LogP contribution is -2.20. The van der Waals surface area contributed by atoms with Crippen LogP contribution in [0.3, 0.4) is 0 Å². The van der Waals surface area contributed by atoms with Gasteiger partial charge in [-0.25, -0.2) is 0 Å². The minimum Gasteiger partial charge on any atom is -0.508 e. The van der Waals surface area contributed by atoms with Gasteiger partial charge >= 0.3 is 0 Å². The largest absolute Gasteiger partial charge is 0.508 e. The lowest BCUT2D eigenvalue weighted by molar-refractivity contribution is 0.473. The Bertz CT molecular complexity index is 507. The smallest absolute Gasteiger partial charge is 0.115 e. The van der Waals surface area contributed by atoms with Crippen LogP contribution >= 0.6 is 11.6 Å². The predicted octanol–water partition coefficient (Wildman–Crippen LogP) is 4.29. The highest BCUT2D eigenvalue weighted by molar-refractivity contribution is 6.30. The van der Waals surface area contributed by atoms with Crippen molar-refractivity contribution >= 4 is 11.6 Å². The van der Waals surface area contributed by atoms with Crippen molar-refractivity contribution in [2.45, 2.75) is 25.9 Å². The molecule has 0 spiro atoms. The lowest BCUT2D eigenvalue weighted by Gasteiger charge is -2.17. The normalized spacial score (nSPS) is 12.3. The van der Waals surface area contributed by atoms with Crippen LogP contribution in [0.2, 0.25) is 5.02 Å². The third kappa shape index (κ3) is 3.98. The number of phenolic OH excluding ortho intramolecular Hbond substituents is 1. The number of hydrogen-bond donors (Lipinski definition) is 2. The van der Waals surface area contributed by atoms with E-state index in [-0.39, 0.29) is 6.04 Å². The molecule has 0 fully saturated rings. The molecule has 0 saturated heterocycles. The van der Waals surface area contributed by atoms with Gasteiger partial charge in [0.25, 0.3) is 0 Å². The maximum absolute atomic E-state index is 9.31. The van der Waals surface area contributed by atoms with Crippen molar-refractivity contribution in [3.05, 3.63) is 64.7 Å². The van der Waals surface area contributed by atoms with Crippen LogP contribution < -0.4 is 5.32 Å². The molecule has 0 radical (unpaired) electrons. The van der Waals surface area contributed by atoms with Gasteiger partial charge in [0, 0.05) is 17.6 Å². The number of phenols is 1. The van der Waals surface area contributed by atoms with Crippen molar-refractivity contribution in [1.82, 2.24) is 5.32 Å². The van der Waals surface area contributed by atoms with E-state index in [1.54, 1.807) is 12.1 Å². The molecular formula is C16H18ClNO. The molecular weight excluding hydrogens is 258 g/mol. The van der Waals surface area contributed by atoms with Crippen LogP contribution in [0, 0.1) is 0 Å². The zero-order chi connectivity index (χ0) is 13.7. The van der Waals surface area contributed by atoms with Crippen LogP contribution in [-0.2, 0) is 6.54 Å². The van der Waals surface area contributed by atoms with Crippen molar-refractivity contribution in [2.75, 3.05) is 0 Å². The molecule has 2 aromatic rings. The second-order valence-corrected chi connectivity index (χ2v) is 5.00. The zero-order valence-corrected chi connectivity index (χ0v) is 11.7. The molecule has 0 saturated carbocycles. The summed E-state index contributed by atoms with van der Waals surface area (Å²) in [6.07, 6.45) is 0.998. The molecule has 100 valence electrons. The first-order chi connectivity index (χ1) is 9.19. The second-order valence-electron chi connectivity index (χ2n) is 4.56. The van der Waals surface area contributed by atoms with Crippen molar-refractivity contribution in [3.8, 4) is 5.75 Å². The molecule has 0 bridgehead atoms. The van der Waals surface area contributed by atoms with Crippen LogP contribution in [0.25, 0.3) is 0 Å². The van der Waals surface area contributed by atoms with Gasteiger partial charge in [-0.3, -0.25) is 0 Å². The van der Waals surface area contributed by atoms with E-state index < -0.39 is 0 Å². The Hall–Kier alpha value is -1.51. The van der Waals surface area contributed by atoms with Gasteiger partial charge in [-0.1, -0.05) is 42.8 Å². The van der Waals surface area contributed by atoms with Gasteiger partial charge in [-0.05, 0) is 41.8 Å². The van der Waals surface area contributed by atoms with Gasteiger partial charge in [0.05, 0.1) is 0 Å². The van der Waals surface area contributed by atoms with E-state index in [0.29, 0.717) is 5.75 Å². The summed E-state index contributed by atoms with van der Waals surface area (Å²) in [4.78, 5) is 0. The van der Waals surface area contributed by atoms with E-state index in [1.807, 2.05) is 36.4 Å². The molecule has 1 unspecified atom stereocenters. The van der Waals surface area contributed by atoms with Gasteiger partial charge in [0.15, 0.2) is 0 Å². The average molecular weight is 276 g/mol. The summed E-state index contributed by atoms with van der Waals surface area (Å²) in [6, 6.07) is 15.5. The molecule has 3 heteroatoms. The van der Waals surface area contributed by atoms with Crippen molar-refractivity contribution in [3.63, 3.8) is 0 Å². The molecule has 1 atom stereocenters. The molecule has 2 N–H and O–H groups in total. The van der Waals surface area contributed by atoms with Crippen molar-refractivity contribution in [1.29, 1.82) is 0 Å². The Morgan fingerprint density at radius 2 is 1.68 bits per heavy atom. The second kappa shape index (κ2) is 6.60. The SMILES string of the molecule is CCC(NCc1ccc(Cl)cc1)c1ccc(O)cc1. The van der Waals surface area contributed by atoms with E-state index in [9.17, 15) is 5.11 Å². The van der Waals surface area contributed by atoms with E-state index in [0.717, 1.165) is 18.0 Å². The minimum atomic E-state index is 0.288. The summed E-state index contributed by atoms with van der Waals surface area (Å²) in [5, 5.41) is 13.6. The van der Waals surface area contributed by atoms with Gasteiger partial charge in [-0.15, -0.1) is 0 Å². The summed E-state index contributed by atoms with van der Waals surface area (Å²) in [5.74, 6) is 0.302. The summed E-state index contributed by atoms with van der Waals surface area (Å²) < 4.78 is 0. The summed E-state index contributed by atoms with van der Waals surface area (Å²) >= 11 is 5.87. The van der Waals surface area contributed by atoms with Crippen LogP contribution in [0.5, 0.6) is 5.75 Å². The highest BCUT2D eigenvalue weighted by atomic mass is 35.5. The highest BCUT2D eigenvalue weighted by Crippen LogP contribution is 2.20. The van der Waals surface area contributed by atoms with Crippen LogP contribution in [0.15, 0.2) is 48.5 Å². The Morgan fingerprint density at radius 3 is 2.26 bits per heavy atom. The fraction of sp³-hybridized carbons (Fsp3) is 0.250. The van der Waals surface area contributed by atoms with Crippen LogP contribution in [-0.4, -0.2) is 5.11 Å². The fourth-order valence-corrected chi connectivity index (χ4v) is 2.17. The van der Waals surface area contributed by atoms with Gasteiger partial charge in [-0.2, -0.15) is 0 Å². The first-order valence-electron chi connectivity index (χ1n) is 6.46. The first kappa shape index (κ1) is 13.9. The molecule has 0 aliphatic carbocycles. The number of rotatable bonds is 5. The van der Waals surface area contributed by atoms with Crippen molar-refractivity contribution < 1.29 is 5.11 Å². The maximum atomic E-state index is 9.31. The fourth-order valence-electron chi connectivity index (χ4n) is 2.05. The molecule has 0 heterocycles. The number of nitrogens with one attached hydrogen (secondary N) is 1. The van der Waals surface area contributed by atoms with E-state index in [2.05, 4.69) is 12.2 Å². The van der Waals surface area contributed by atoms with E-state index in [4.69, 9.17) is 11.6 Å². The van der Waals surface area contributed by atoms with E-state index in [1.165, 1.54) is 11.1 Å². The maximum Gasteiger partial charge on any atom is 0.115 e. The number of aromatic hydroxyl groups is 1. The molecule has 0 aliphatic rings. The molecule has 2 rings (SSSR count). The predicted molar refractivity (Wildman–Crippen MR) is 79.4 cm³/mol. The monoisotopic (exact) mass is 275 g/mol. The number of halogens is 1. The van der Waals surface area contributed by atoms with E-state index >= 15 is 0 Å². The summed E-state index contributed by atoms with van der Waals surface area (Å²) in [7, 11) is 0. The average Bonchev–Trinajstić information content (AvgIpc) is 2.43. The van der Waals surface area contributed by atoms with Gasteiger partial charge in [0.2, 0.25) is 0 Å². The third-order valence-electron chi connectivity index (χ3n) is 3.17. The molecule has 2 nitrogen and oxygen atoms in total. The first-order valence-corrected chi connectivity index (χ1v) is 6.83. The zero-order valence-electron chi connectivity index (χ0n) is 10.9. The Labute approximate surface area is 119 Å². The Balaban J connectivity index is 1.99.